The molecular weight excluding hydrogens is 348 g/mol. The SMILES string of the molecule is CCCCNC(=O)c1cccc([C@@H]2CCCN(C(=O)c3ccc(C)cc3)C2)c1. The Morgan fingerprint density at radius 1 is 1.11 bits per heavy atom. The van der Waals surface area contributed by atoms with E-state index in [2.05, 4.69) is 18.3 Å². The third kappa shape index (κ3) is 5.00. The molecule has 1 heterocycles. The van der Waals surface area contributed by atoms with E-state index in [9.17, 15) is 9.59 Å². The smallest absolute Gasteiger partial charge is 0.253 e. The lowest BCUT2D eigenvalue weighted by molar-refractivity contribution is 0.0706. The van der Waals surface area contributed by atoms with E-state index in [1.54, 1.807) is 0 Å². The van der Waals surface area contributed by atoms with Crippen molar-refractivity contribution in [2.45, 2.75) is 45.4 Å². The van der Waals surface area contributed by atoms with Gasteiger partial charge in [0.15, 0.2) is 0 Å². The number of nitrogens with zero attached hydrogens (tertiary/aromatic N) is 1. The highest BCUT2D eigenvalue weighted by Crippen LogP contribution is 2.28. The topological polar surface area (TPSA) is 49.4 Å². The summed E-state index contributed by atoms with van der Waals surface area (Å²) in [5.74, 6) is 0.350. The number of amides is 2. The number of piperidine rings is 1. The van der Waals surface area contributed by atoms with Gasteiger partial charge in [-0.05, 0) is 56.0 Å². The van der Waals surface area contributed by atoms with Crippen molar-refractivity contribution in [3.63, 3.8) is 0 Å². The molecule has 1 N–H and O–H groups in total. The van der Waals surface area contributed by atoms with Gasteiger partial charge >= 0.3 is 0 Å². The van der Waals surface area contributed by atoms with Gasteiger partial charge in [-0.15, -0.1) is 0 Å². The summed E-state index contributed by atoms with van der Waals surface area (Å²) >= 11 is 0. The fourth-order valence-corrected chi connectivity index (χ4v) is 3.73. The van der Waals surface area contributed by atoms with Crippen molar-refractivity contribution >= 4 is 11.8 Å². The van der Waals surface area contributed by atoms with Gasteiger partial charge in [0, 0.05) is 36.7 Å². The van der Waals surface area contributed by atoms with E-state index < -0.39 is 0 Å². The van der Waals surface area contributed by atoms with Gasteiger partial charge in [-0.2, -0.15) is 0 Å². The van der Waals surface area contributed by atoms with Gasteiger partial charge in [-0.3, -0.25) is 9.59 Å². The molecule has 0 unspecified atom stereocenters. The maximum Gasteiger partial charge on any atom is 0.253 e. The molecule has 4 heteroatoms. The largest absolute Gasteiger partial charge is 0.352 e. The predicted molar refractivity (Wildman–Crippen MR) is 113 cm³/mol. The van der Waals surface area contributed by atoms with Crippen LogP contribution in [0.5, 0.6) is 0 Å². The van der Waals surface area contributed by atoms with Crippen LogP contribution >= 0.6 is 0 Å². The zero-order valence-corrected chi connectivity index (χ0v) is 16.9. The van der Waals surface area contributed by atoms with Crippen molar-refractivity contribution in [1.29, 1.82) is 0 Å². The molecule has 28 heavy (non-hydrogen) atoms. The molecule has 148 valence electrons. The first-order valence-electron chi connectivity index (χ1n) is 10.3. The number of rotatable bonds is 6. The van der Waals surface area contributed by atoms with Crippen LogP contribution in [0.15, 0.2) is 48.5 Å². The first-order valence-corrected chi connectivity index (χ1v) is 10.3. The van der Waals surface area contributed by atoms with Crippen molar-refractivity contribution in [3.8, 4) is 0 Å². The molecule has 2 amide bonds. The second-order valence-electron chi connectivity index (χ2n) is 7.69. The van der Waals surface area contributed by atoms with E-state index in [0.717, 1.165) is 48.9 Å². The average molecular weight is 379 g/mol. The monoisotopic (exact) mass is 378 g/mol. The number of carbonyl (C=O) groups is 2. The molecule has 4 nitrogen and oxygen atoms in total. The summed E-state index contributed by atoms with van der Waals surface area (Å²) in [7, 11) is 0. The van der Waals surface area contributed by atoms with Crippen molar-refractivity contribution in [2.24, 2.45) is 0 Å². The van der Waals surface area contributed by atoms with Crippen LogP contribution in [0.25, 0.3) is 0 Å². The normalized spacial score (nSPS) is 16.6. The zero-order chi connectivity index (χ0) is 19.9. The van der Waals surface area contributed by atoms with E-state index in [-0.39, 0.29) is 17.7 Å². The Morgan fingerprint density at radius 2 is 1.89 bits per heavy atom. The van der Waals surface area contributed by atoms with Crippen LogP contribution in [0.2, 0.25) is 0 Å². The molecule has 2 aromatic rings. The summed E-state index contributed by atoms with van der Waals surface area (Å²) in [6.45, 7) is 6.34. The zero-order valence-electron chi connectivity index (χ0n) is 16.9. The number of benzene rings is 2. The number of likely N-dealkylation sites (tertiary alicyclic amines) is 1. The summed E-state index contributed by atoms with van der Waals surface area (Å²) in [5.41, 5.74) is 3.75. The minimum Gasteiger partial charge on any atom is -0.352 e. The highest BCUT2D eigenvalue weighted by molar-refractivity contribution is 5.95. The molecule has 3 rings (SSSR count). The standard InChI is InChI=1S/C24H30N2O2/c1-3-4-14-25-23(27)21-8-5-7-20(16-21)22-9-6-15-26(17-22)24(28)19-12-10-18(2)11-13-19/h5,7-8,10-13,16,22H,3-4,6,9,14-15,17H2,1-2H3,(H,25,27)/t22-/m1/s1. The number of aryl methyl sites for hydroxylation is 1. The molecule has 2 aromatic carbocycles. The molecule has 1 fully saturated rings. The molecule has 1 aliphatic heterocycles. The highest BCUT2D eigenvalue weighted by Gasteiger charge is 2.26. The Balaban J connectivity index is 1.68. The van der Waals surface area contributed by atoms with Gasteiger partial charge in [0.25, 0.3) is 11.8 Å². The van der Waals surface area contributed by atoms with Gasteiger partial charge in [-0.25, -0.2) is 0 Å². The van der Waals surface area contributed by atoms with Crippen molar-refractivity contribution in [2.75, 3.05) is 19.6 Å². The minimum absolute atomic E-state index is 0.0151. The molecule has 0 spiro atoms. The molecule has 1 aliphatic rings. The Morgan fingerprint density at radius 3 is 2.64 bits per heavy atom. The molecule has 0 saturated carbocycles. The molecular formula is C24H30N2O2. The lowest BCUT2D eigenvalue weighted by atomic mass is 9.89. The third-order valence-electron chi connectivity index (χ3n) is 5.44. The van der Waals surface area contributed by atoms with Crippen molar-refractivity contribution in [3.05, 3.63) is 70.8 Å². The lowest BCUT2D eigenvalue weighted by Gasteiger charge is -2.33. The second-order valence-corrected chi connectivity index (χ2v) is 7.69. The summed E-state index contributed by atoms with van der Waals surface area (Å²) in [6.07, 6.45) is 4.07. The molecule has 1 atom stereocenters. The van der Waals surface area contributed by atoms with Crippen LogP contribution in [-0.4, -0.2) is 36.3 Å². The number of hydrogen-bond donors (Lipinski definition) is 1. The van der Waals surface area contributed by atoms with Crippen molar-refractivity contribution < 1.29 is 9.59 Å². The summed E-state index contributed by atoms with van der Waals surface area (Å²) in [4.78, 5) is 27.2. The number of hydrogen-bond acceptors (Lipinski definition) is 2. The van der Waals surface area contributed by atoms with Crippen LogP contribution < -0.4 is 5.32 Å². The number of carbonyl (C=O) groups excluding carboxylic acids is 2. The summed E-state index contributed by atoms with van der Waals surface area (Å²) in [6, 6.07) is 15.7. The molecule has 1 saturated heterocycles. The quantitative estimate of drug-likeness (QED) is 0.750. The first-order chi connectivity index (χ1) is 13.6. The molecule has 0 bridgehead atoms. The van der Waals surface area contributed by atoms with E-state index in [1.165, 1.54) is 0 Å². The average Bonchev–Trinajstić information content (AvgIpc) is 2.74. The van der Waals surface area contributed by atoms with E-state index >= 15 is 0 Å². The number of unbranched alkanes of at least 4 members (excludes halogenated alkanes) is 1. The van der Waals surface area contributed by atoms with Gasteiger partial charge in [-0.1, -0.05) is 43.2 Å². The molecule has 0 radical (unpaired) electrons. The predicted octanol–water partition coefficient (Wildman–Crippen LogP) is 4.54. The Kier molecular flexibility index (Phi) is 6.85. The Labute approximate surface area is 167 Å². The maximum atomic E-state index is 12.9. The van der Waals surface area contributed by atoms with E-state index in [1.807, 2.05) is 54.3 Å². The van der Waals surface area contributed by atoms with Crippen LogP contribution in [0.3, 0.4) is 0 Å². The number of nitrogens with one attached hydrogen (secondary N) is 1. The third-order valence-corrected chi connectivity index (χ3v) is 5.44. The lowest BCUT2D eigenvalue weighted by Crippen LogP contribution is -2.39. The fourth-order valence-electron chi connectivity index (χ4n) is 3.73. The van der Waals surface area contributed by atoms with Gasteiger partial charge in [0.2, 0.25) is 0 Å². The summed E-state index contributed by atoms with van der Waals surface area (Å²) in [5, 5.41) is 2.98. The fraction of sp³-hybridized carbons (Fsp3) is 0.417. The van der Waals surface area contributed by atoms with Gasteiger partial charge in [0.05, 0.1) is 0 Å². The van der Waals surface area contributed by atoms with Crippen LogP contribution in [-0.2, 0) is 0 Å². The molecule has 0 aliphatic carbocycles. The van der Waals surface area contributed by atoms with Crippen molar-refractivity contribution in [1.82, 2.24) is 10.2 Å². The minimum atomic E-state index is -0.0151. The highest BCUT2D eigenvalue weighted by atomic mass is 16.2. The van der Waals surface area contributed by atoms with Crippen LogP contribution in [0.1, 0.15) is 70.4 Å². The Hall–Kier alpha value is -2.62. The van der Waals surface area contributed by atoms with Gasteiger partial charge in [0.1, 0.15) is 0 Å². The maximum absolute atomic E-state index is 12.9. The van der Waals surface area contributed by atoms with Crippen LogP contribution in [0, 0.1) is 6.92 Å². The summed E-state index contributed by atoms with van der Waals surface area (Å²) < 4.78 is 0. The second kappa shape index (κ2) is 9.54. The van der Waals surface area contributed by atoms with E-state index in [0.29, 0.717) is 18.7 Å². The van der Waals surface area contributed by atoms with E-state index in [4.69, 9.17) is 0 Å². The first kappa shape index (κ1) is 20.1. The Bertz CT molecular complexity index is 814. The van der Waals surface area contributed by atoms with Crippen LogP contribution in [0.4, 0.5) is 0 Å². The van der Waals surface area contributed by atoms with Gasteiger partial charge < -0.3 is 10.2 Å². The molecule has 0 aromatic heterocycles.